The second kappa shape index (κ2) is 6.45. The Kier molecular flexibility index (Phi) is 4.94. The zero-order valence-electron chi connectivity index (χ0n) is 10.4. The van der Waals surface area contributed by atoms with Gasteiger partial charge in [0.2, 0.25) is 0 Å². The number of amides is 1. The van der Waals surface area contributed by atoms with Gasteiger partial charge in [0.05, 0.1) is 12.1 Å². The van der Waals surface area contributed by atoms with Crippen LogP contribution in [-0.4, -0.2) is 24.8 Å². The van der Waals surface area contributed by atoms with Crippen molar-refractivity contribution in [3.8, 4) is 18.1 Å². The SMILES string of the molecule is C#CCNC(=O)COc1cc(C)ccc1C(C)=O. The minimum Gasteiger partial charge on any atom is -0.483 e. The summed E-state index contributed by atoms with van der Waals surface area (Å²) in [5.41, 5.74) is 1.42. The van der Waals surface area contributed by atoms with E-state index in [9.17, 15) is 9.59 Å². The number of aryl methyl sites for hydroxylation is 1. The monoisotopic (exact) mass is 245 g/mol. The maximum absolute atomic E-state index is 11.4. The molecule has 0 saturated heterocycles. The van der Waals surface area contributed by atoms with Crippen LogP contribution >= 0.6 is 0 Å². The Morgan fingerprint density at radius 3 is 2.78 bits per heavy atom. The molecule has 18 heavy (non-hydrogen) atoms. The van der Waals surface area contributed by atoms with Gasteiger partial charge >= 0.3 is 0 Å². The van der Waals surface area contributed by atoms with Crippen LogP contribution in [0.3, 0.4) is 0 Å². The predicted octanol–water partition coefficient (Wildman–Crippen LogP) is 1.33. The van der Waals surface area contributed by atoms with Gasteiger partial charge in [-0.05, 0) is 31.5 Å². The lowest BCUT2D eigenvalue weighted by atomic mass is 10.1. The average molecular weight is 245 g/mol. The van der Waals surface area contributed by atoms with E-state index < -0.39 is 0 Å². The van der Waals surface area contributed by atoms with Crippen molar-refractivity contribution < 1.29 is 14.3 Å². The molecule has 1 N–H and O–H groups in total. The molecule has 0 aromatic heterocycles. The first kappa shape index (κ1) is 13.8. The van der Waals surface area contributed by atoms with Gasteiger partial charge in [0.15, 0.2) is 12.4 Å². The molecular weight excluding hydrogens is 230 g/mol. The van der Waals surface area contributed by atoms with Gasteiger partial charge in [0.1, 0.15) is 5.75 Å². The van der Waals surface area contributed by atoms with Crippen LogP contribution in [0.1, 0.15) is 22.8 Å². The molecule has 4 nitrogen and oxygen atoms in total. The van der Waals surface area contributed by atoms with Gasteiger partial charge in [-0.3, -0.25) is 9.59 Å². The lowest BCUT2D eigenvalue weighted by molar-refractivity contribution is -0.122. The number of carbonyl (C=O) groups is 2. The van der Waals surface area contributed by atoms with Crippen LogP contribution in [0.4, 0.5) is 0 Å². The number of ketones is 1. The Labute approximate surface area is 106 Å². The summed E-state index contributed by atoms with van der Waals surface area (Å²) in [6, 6.07) is 5.24. The topological polar surface area (TPSA) is 55.4 Å². The molecule has 0 aliphatic rings. The summed E-state index contributed by atoms with van der Waals surface area (Å²) < 4.78 is 5.34. The van der Waals surface area contributed by atoms with Crippen LogP contribution in [0.25, 0.3) is 0 Å². The van der Waals surface area contributed by atoms with E-state index >= 15 is 0 Å². The summed E-state index contributed by atoms with van der Waals surface area (Å²) in [5.74, 6) is 2.29. The van der Waals surface area contributed by atoms with E-state index in [-0.39, 0.29) is 24.8 Å². The average Bonchev–Trinajstić information content (AvgIpc) is 2.33. The molecule has 0 aliphatic carbocycles. The minimum atomic E-state index is -0.316. The molecule has 0 radical (unpaired) electrons. The number of hydrogen-bond acceptors (Lipinski definition) is 3. The van der Waals surface area contributed by atoms with E-state index in [0.717, 1.165) is 5.56 Å². The van der Waals surface area contributed by atoms with Gasteiger partial charge in [0, 0.05) is 0 Å². The zero-order chi connectivity index (χ0) is 13.5. The Balaban J connectivity index is 2.72. The van der Waals surface area contributed by atoms with E-state index in [4.69, 9.17) is 11.2 Å². The number of nitrogens with one attached hydrogen (secondary N) is 1. The second-order valence-corrected chi connectivity index (χ2v) is 3.83. The van der Waals surface area contributed by atoms with E-state index in [1.807, 2.05) is 13.0 Å². The molecule has 0 aliphatic heterocycles. The minimum absolute atomic E-state index is 0.103. The molecular formula is C14H15NO3. The number of benzene rings is 1. The first-order chi connectivity index (χ1) is 8.54. The number of Topliss-reactive ketones (excluding diaryl/α,β-unsaturated/α-hetero) is 1. The van der Waals surface area contributed by atoms with E-state index in [1.54, 1.807) is 12.1 Å². The Morgan fingerprint density at radius 2 is 2.17 bits per heavy atom. The highest BCUT2D eigenvalue weighted by molar-refractivity contribution is 5.97. The van der Waals surface area contributed by atoms with Gasteiger partial charge in [-0.15, -0.1) is 6.42 Å². The summed E-state index contributed by atoms with van der Waals surface area (Å²) in [5, 5.41) is 2.48. The van der Waals surface area contributed by atoms with E-state index in [1.165, 1.54) is 6.92 Å². The Hall–Kier alpha value is -2.28. The number of rotatable bonds is 5. The molecule has 0 atom stereocenters. The van der Waals surface area contributed by atoms with Crippen molar-refractivity contribution in [2.45, 2.75) is 13.8 Å². The number of ether oxygens (including phenoxy) is 1. The third kappa shape index (κ3) is 3.95. The van der Waals surface area contributed by atoms with Crippen molar-refractivity contribution in [3.63, 3.8) is 0 Å². The summed E-state index contributed by atoms with van der Waals surface area (Å²) in [4.78, 5) is 22.7. The largest absolute Gasteiger partial charge is 0.483 e. The molecule has 94 valence electrons. The molecule has 0 bridgehead atoms. The van der Waals surface area contributed by atoms with E-state index in [2.05, 4.69) is 11.2 Å². The van der Waals surface area contributed by atoms with Gasteiger partial charge in [-0.2, -0.15) is 0 Å². The highest BCUT2D eigenvalue weighted by atomic mass is 16.5. The number of terminal acetylenes is 1. The summed E-state index contributed by atoms with van der Waals surface area (Å²) >= 11 is 0. The van der Waals surface area contributed by atoms with Crippen molar-refractivity contribution in [1.82, 2.24) is 5.32 Å². The second-order valence-electron chi connectivity index (χ2n) is 3.83. The quantitative estimate of drug-likeness (QED) is 0.629. The molecule has 0 fully saturated rings. The molecule has 4 heteroatoms. The molecule has 1 aromatic rings. The fourth-order valence-corrected chi connectivity index (χ4v) is 1.38. The first-order valence-electron chi connectivity index (χ1n) is 5.49. The van der Waals surface area contributed by atoms with Crippen molar-refractivity contribution in [2.75, 3.05) is 13.2 Å². The summed E-state index contributed by atoms with van der Waals surface area (Å²) in [7, 11) is 0. The summed E-state index contributed by atoms with van der Waals surface area (Å²) in [6.45, 7) is 3.34. The zero-order valence-corrected chi connectivity index (χ0v) is 10.4. The normalized spacial score (nSPS) is 9.39. The van der Waals surface area contributed by atoms with Gasteiger partial charge in [-0.25, -0.2) is 0 Å². The fraction of sp³-hybridized carbons (Fsp3) is 0.286. The number of hydrogen-bond donors (Lipinski definition) is 1. The molecule has 0 spiro atoms. The van der Waals surface area contributed by atoms with Crippen molar-refractivity contribution >= 4 is 11.7 Å². The predicted molar refractivity (Wildman–Crippen MR) is 68.5 cm³/mol. The first-order valence-corrected chi connectivity index (χ1v) is 5.49. The molecule has 1 rings (SSSR count). The van der Waals surface area contributed by atoms with Gasteiger partial charge in [-0.1, -0.05) is 12.0 Å². The third-order valence-electron chi connectivity index (χ3n) is 2.26. The molecule has 1 aromatic carbocycles. The van der Waals surface area contributed by atoms with Crippen LogP contribution < -0.4 is 10.1 Å². The molecule has 0 unspecified atom stereocenters. The van der Waals surface area contributed by atoms with Crippen molar-refractivity contribution in [2.24, 2.45) is 0 Å². The molecule has 0 saturated carbocycles. The highest BCUT2D eigenvalue weighted by Crippen LogP contribution is 2.20. The van der Waals surface area contributed by atoms with Crippen LogP contribution in [0.15, 0.2) is 18.2 Å². The van der Waals surface area contributed by atoms with E-state index in [0.29, 0.717) is 11.3 Å². The van der Waals surface area contributed by atoms with Crippen molar-refractivity contribution in [3.05, 3.63) is 29.3 Å². The lowest BCUT2D eigenvalue weighted by Crippen LogP contribution is -2.29. The fourth-order valence-electron chi connectivity index (χ4n) is 1.38. The Bertz CT molecular complexity index is 500. The van der Waals surface area contributed by atoms with Gasteiger partial charge in [0.25, 0.3) is 5.91 Å². The smallest absolute Gasteiger partial charge is 0.258 e. The summed E-state index contributed by atoms with van der Waals surface area (Å²) in [6.07, 6.45) is 5.02. The van der Waals surface area contributed by atoms with Crippen LogP contribution in [0.5, 0.6) is 5.75 Å². The maximum Gasteiger partial charge on any atom is 0.258 e. The maximum atomic E-state index is 11.4. The van der Waals surface area contributed by atoms with Crippen molar-refractivity contribution in [1.29, 1.82) is 0 Å². The van der Waals surface area contributed by atoms with Gasteiger partial charge < -0.3 is 10.1 Å². The lowest BCUT2D eigenvalue weighted by Gasteiger charge is -2.10. The highest BCUT2D eigenvalue weighted by Gasteiger charge is 2.10. The van der Waals surface area contributed by atoms with Crippen LogP contribution in [0, 0.1) is 19.3 Å². The van der Waals surface area contributed by atoms with Crippen LogP contribution in [0.2, 0.25) is 0 Å². The third-order valence-corrected chi connectivity index (χ3v) is 2.26. The Morgan fingerprint density at radius 1 is 1.44 bits per heavy atom. The number of carbonyl (C=O) groups excluding carboxylic acids is 2. The standard InChI is InChI=1S/C14H15NO3/c1-4-7-15-14(17)9-18-13-8-10(2)5-6-12(13)11(3)16/h1,5-6,8H,7,9H2,2-3H3,(H,15,17). The molecule has 1 amide bonds. The van der Waals surface area contributed by atoms with Crippen LogP contribution in [-0.2, 0) is 4.79 Å². The molecule has 0 heterocycles.